The van der Waals surface area contributed by atoms with Crippen molar-refractivity contribution in [1.29, 1.82) is 0 Å². The molecule has 0 unspecified atom stereocenters. The van der Waals surface area contributed by atoms with Crippen molar-refractivity contribution >= 4 is 8.80 Å². The van der Waals surface area contributed by atoms with Crippen LogP contribution in [0.5, 0.6) is 5.75 Å². The predicted molar refractivity (Wildman–Crippen MR) is 125 cm³/mol. The van der Waals surface area contributed by atoms with Gasteiger partial charge in [-0.2, -0.15) is 4.39 Å². The molecule has 170 valence electrons. The van der Waals surface area contributed by atoms with E-state index in [4.69, 9.17) is 4.74 Å². The van der Waals surface area contributed by atoms with Gasteiger partial charge in [0, 0.05) is 8.80 Å². The van der Waals surface area contributed by atoms with E-state index >= 15 is 0 Å². The molecular weight excluding hydrogens is 394 g/mol. The Balaban J connectivity index is 1.38. The van der Waals surface area contributed by atoms with Crippen LogP contribution in [0.1, 0.15) is 96.0 Å². The number of rotatable bonds is 10. The summed E-state index contributed by atoms with van der Waals surface area (Å²) in [6.07, 6.45) is 14.3. The second-order valence-corrected chi connectivity index (χ2v) is 13.4. The van der Waals surface area contributed by atoms with E-state index in [0.717, 1.165) is 24.7 Å². The average molecular weight is 437 g/mol. The molecule has 2 fully saturated rings. The predicted octanol–water partition coefficient (Wildman–Crippen LogP) is 8.24. The summed E-state index contributed by atoms with van der Waals surface area (Å²) in [4.78, 5) is 0. The van der Waals surface area contributed by atoms with Crippen molar-refractivity contribution in [3.63, 3.8) is 0 Å². The number of hydrogen-bond acceptors (Lipinski definition) is 1. The third-order valence-electron chi connectivity index (χ3n) is 7.83. The minimum atomic E-state index is -0.815. The number of halogens is 2. The molecule has 1 aliphatic heterocycles. The van der Waals surface area contributed by atoms with E-state index in [9.17, 15) is 8.78 Å². The molecule has 0 amide bonds. The van der Waals surface area contributed by atoms with Crippen molar-refractivity contribution in [2.24, 2.45) is 11.8 Å². The van der Waals surface area contributed by atoms with Crippen LogP contribution in [0.25, 0.3) is 0 Å². The Bertz CT molecular complexity index is 634. The maximum atomic E-state index is 14.5. The van der Waals surface area contributed by atoms with Crippen molar-refractivity contribution in [3.05, 3.63) is 29.3 Å². The van der Waals surface area contributed by atoms with E-state index in [0.29, 0.717) is 12.2 Å². The summed E-state index contributed by atoms with van der Waals surface area (Å²) in [5.74, 6) is 0.452. The van der Waals surface area contributed by atoms with Crippen molar-refractivity contribution in [2.75, 3.05) is 6.61 Å². The Morgan fingerprint density at radius 1 is 0.867 bits per heavy atom. The number of benzene rings is 1. The van der Waals surface area contributed by atoms with Crippen LogP contribution in [0.4, 0.5) is 8.78 Å². The lowest BCUT2D eigenvalue weighted by molar-refractivity contribution is 0.275. The molecule has 1 nitrogen and oxygen atoms in total. The van der Waals surface area contributed by atoms with Crippen LogP contribution in [0.15, 0.2) is 12.1 Å². The molecule has 0 bridgehead atoms. The fourth-order valence-corrected chi connectivity index (χ4v) is 9.47. The second-order valence-electron chi connectivity index (χ2n) is 9.89. The number of ether oxygens (including phenoxy) is 1. The molecular formula is C26H42F2OSi. The molecule has 1 aromatic carbocycles. The topological polar surface area (TPSA) is 9.23 Å². The molecule has 1 saturated carbocycles. The van der Waals surface area contributed by atoms with E-state index in [1.54, 1.807) is 37.2 Å². The number of hydrogen-bond donors (Lipinski definition) is 0. The highest BCUT2D eigenvalue weighted by Crippen LogP contribution is 2.41. The van der Waals surface area contributed by atoms with Gasteiger partial charge in [0.25, 0.3) is 0 Å². The molecule has 4 heteroatoms. The van der Waals surface area contributed by atoms with Crippen LogP contribution in [-0.4, -0.2) is 15.4 Å². The van der Waals surface area contributed by atoms with E-state index in [1.807, 2.05) is 0 Å². The van der Waals surface area contributed by atoms with Crippen LogP contribution in [0.3, 0.4) is 0 Å². The fourth-order valence-electron chi connectivity index (χ4n) is 5.85. The Kier molecular flexibility index (Phi) is 9.67. The molecule has 3 rings (SSSR count). The molecule has 0 spiro atoms. The summed E-state index contributed by atoms with van der Waals surface area (Å²) >= 11 is 0. The van der Waals surface area contributed by atoms with Crippen molar-refractivity contribution < 1.29 is 13.5 Å². The summed E-state index contributed by atoms with van der Waals surface area (Å²) in [6.45, 7) is 4.44. The van der Waals surface area contributed by atoms with Gasteiger partial charge in [0.2, 0.25) is 5.82 Å². The summed E-state index contributed by atoms with van der Waals surface area (Å²) in [5, 5.41) is 0. The van der Waals surface area contributed by atoms with Crippen LogP contribution in [0.2, 0.25) is 18.1 Å². The number of unbranched alkanes of at least 4 members (excludes halogenated alkanes) is 2. The van der Waals surface area contributed by atoms with Crippen LogP contribution >= 0.6 is 0 Å². The van der Waals surface area contributed by atoms with Gasteiger partial charge in [0.05, 0.1) is 6.61 Å². The van der Waals surface area contributed by atoms with Crippen molar-refractivity contribution in [2.45, 2.75) is 109 Å². The first-order valence-electron chi connectivity index (χ1n) is 12.7. The SMILES string of the molecule is CCCCC[Si@H]1CC[C@H](CC[C@H]2CC[C@H](c3ccc(OCC)c(F)c3F)CC2)CC1. The van der Waals surface area contributed by atoms with Crippen molar-refractivity contribution in [1.82, 2.24) is 0 Å². The molecule has 0 radical (unpaired) electrons. The van der Waals surface area contributed by atoms with Gasteiger partial charge in [-0.1, -0.05) is 76.1 Å². The molecule has 0 aromatic heterocycles. The first-order valence-corrected chi connectivity index (χ1v) is 15.2. The normalized spacial score (nSPS) is 27.2. The fraction of sp³-hybridized carbons (Fsp3) is 0.769. The van der Waals surface area contributed by atoms with E-state index in [1.165, 1.54) is 57.8 Å². The molecule has 0 atom stereocenters. The highest BCUT2D eigenvalue weighted by atomic mass is 28.3. The molecule has 1 aliphatic carbocycles. The van der Waals surface area contributed by atoms with Gasteiger partial charge < -0.3 is 4.74 Å². The lowest BCUT2D eigenvalue weighted by atomic mass is 9.76. The smallest absolute Gasteiger partial charge is 0.200 e. The first-order chi connectivity index (χ1) is 14.6. The van der Waals surface area contributed by atoms with Gasteiger partial charge in [-0.15, -0.1) is 0 Å². The minimum Gasteiger partial charge on any atom is -0.491 e. The van der Waals surface area contributed by atoms with Crippen molar-refractivity contribution in [3.8, 4) is 5.75 Å². The second kappa shape index (κ2) is 12.2. The first kappa shape index (κ1) is 23.8. The summed E-state index contributed by atoms with van der Waals surface area (Å²) in [5.41, 5.74) is 0.556. The van der Waals surface area contributed by atoms with Crippen LogP contribution in [-0.2, 0) is 0 Å². The van der Waals surface area contributed by atoms with E-state index in [2.05, 4.69) is 6.92 Å². The zero-order valence-corrected chi connectivity index (χ0v) is 20.4. The van der Waals surface area contributed by atoms with Gasteiger partial charge >= 0.3 is 0 Å². The maximum absolute atomic E-state index is 14.5. The van der Waals surface area contributed by atoms with Crippen LogP contribution < -0.4 is 4.74 Å². The zero-order valence-electron chi connectivity index (χ0n) is 19.2. The lowest BCUT2D eigenvalue weighted by Gasteiger charge is -2.32. The average Bonchev–Trinajstić information content (AvgIpc) is 2.77. The third-order valence-corrected chi connectivity index (χ3v) is 11.4. The standard InChI is InChI=1S/C26H42F2OSi/c1-3-5-6-17-30-18-15-21(16-19-30)8-7-20-9-11-22(12-10-20)23-13-14-24(29-4-2)26(28)25(23)27/h13-14,20-22,30H,3-12,15-19H2,1-2H3/t20-,21-,22-,30-. The highest BCUT2D eigenvalue weighted by Gasteiger charge is 2.28. The van der Waals surface area contributed by atoms with Gasteiger partial charge in [-0.25, -0.2) is 4.39 Å². The van der Waals surface area contributed by atoms with E-state index in [-0.39, 0.29) is 11.7 Å². The lowest BCUT2D eigenvalue weighted by Crippen LogP contribution is -2.22. The molecule has 30 heavy (non-hydrogen) atoms. The largest absolute Gasteiger partial charge is 0.491 e. The molecule has 2 aliphatic rings. The van der Waals surface area contributed by atoms with Gasteiger partial charge in [-0.05, 0) is 62.0 Å². The minimum absolute atomic E-state index is 0.0376. The van der Waals surface area contributed by atoms with E-state index < -0.39 is 20.4 Å². The Hall–Kier alpha value is -0.903. The third kappa shape index (κ3) is 6.55. The maximum Gasteiger partial charge on any atom is 0.200 e. The Morgan fingerprint density at radius 3 is 2.17 bits per heavy atom. The molecule has 0 N–H and O–H groups in total. The Labute approximate surface area is 184 Å². The summed E-state index contributed by atoms with van der Waals surface area (Å²) < 4.78 is 33.9. The monoisotopic (exact) mass is 436 g/mol. The Morgan fingerprint density at radius 2 is 1.53 bits per heavy atom. The van der Waals surface area contributed by atoms with Gasteiger partial charge in [0.15, 0.2) is 11.6 Å². The highest BCUT2D eigenvalue weighted by molar-refractivity contribution is 6.58. The molecule has 1 saturated heterocycles. The quantitative estimate of drug-likeness (QED) is 0.265. The van der Waals surface area contributed by atoms with Crippen LogP contribution in [0, 0.1) is 23.5 Å². The molecule has 1 aromatic rings. The summed E-state index contributed by atoms with van der Waals surface area (Å²) in [6, 6.07) is 8.11. The van der Waals surface area contributed by atoms with Gasteiger partial charge in [0.1, 0.15) is 0 Å². The van der Waals surface area contributed by atoms with Gasteiger partial charge in [-0.3, -0.25) is 0 Å². The molecule has 1 heterocycles. The summed E-state index contributed by atoms with van der Waals surface area (Å²) in [7, 11) is -0.391. The zero-order chi connectivity index (χ0) is 21.3.